The van der Waals surface area contributed by atoms with Crippen LogP contribution in [-0.4, -0.2) is 28.0 Å². The van der Waals surface area contributed by atoms with Crippen molar-refractivity contribution in [2.24, 2.45) is 5.73 Å². The van der Waals surface area contributed by atoms with Crippen LogP contribution in [0.15, 0.2) is 30.3 Å². The van der Waals surface area contributed by atoms with E-state index in [9.17, 15) is 0 Å². The lowest BCUT2D eigenvalue weighted by atomic mass is 10.1. The number of nitrogens with two attached hydrogens (primary N) is 1. The summed E-state index contributed by atoms with van der Waals surface area (Å²) in [5.74, 6) is 1.85. The van der Waals surface area contributed by atoms with Crippen molar-refractivity contribution in [3.05, 3.63) is 35.9 Å². The molecule has 0 bridgehead atoms. The molecule has 1 unspecified atom stereocenters. The number of anilines is 1. The second-order valence-electron chi connectivity index (χ2n) is 4.44. The van der Waals surface area contributed by atoms with E-state index in [0.29, 0.717) is 11.0 Å². The molecule has 0 aliphatic heterocycles. The van der Waals surface area contributed by atoms with Gasteiger partial charge in [-0.25, -0.2) is 4.98 Å². The van der Waals surface area contributed by atoms with Gasteiger partial charge in [-0.05, 0) is 25.3 Å². The first-order valence-corrected chi connectivity index (χ1v) is 7.87. The lowest BCUT2D eigenvalue weighted by molar-refractivity contribution is 0.905. The van der Waals surface area contributed by atoms with Crippen molar-refractivity contribution in [1.29, 1.82) is 0 Å². The number of nitrogens with one attached hydrogen (secondary N) is 1. The highest BCUT2D eigenvalue weighted by molar-refractivity contribution is 7.98. The van der Waals surface area contributed by atoms with Crippen LogP contribution in [0.1, 0.15) is 12.5 Å². The molecule has 0 saturated heterocycles. The molecular weight excluding hydrogens is 274 g/mol. The number of pyridine rings is 1. The molecule has 2 aromatic rings. The molecule has 100 valence electrons. The number of benzene rings is 1. The summed E-state index contributed by atoms with van der Waals surface area (Å²) >= 11 is 6.93. The summed E-state index contributed by atoms with van der Waals surface area (Å²) in [5, 5.41) is 4.38. The van der Waals surface area contributed by atoms with Gasteiger partial charge in [0.25, 0.3) is 0 Å². The van der Waals surface area contributed by atoms with Gasteiger partial charge in [-0.1, -0.05) is 30.4 Å². The van der Waals surface area contributed by atoms with E-state index in [0.717, 1.165) is 28.0 Å². The van der Waals surface area contributed by atoms with Gasteiger partial charge in [0.05, 0.1) is 5.52 Å². The fourth-order valence-corrected chi connectivity index (χ4v) is 2.75. The Morgan fingerprint density at radius 2 is 2.21 bits per heavy atom. The van der Waals surface area contributed by atoms with Crippen LogP contribution in [0.2, 0.25) is 0 Å². The number of thioether (sulfide) groups is 1. The molecule has 0 spiro atoms. The number of thiocarbonyl (C=S) groups is 1. The Balaban J connectivity index is 2.43. The van der Waals surface area contributed by atoms with Crippen molar-refractivity contribution in [3.8, 4) is 0 Å². The highest BCUT2D eigenvalue weighted by Gasteiger charge is 2.09. The van der Waals surface area contributed by atoms with Crippen LogP contribution in [0.4, 0.5) is 5.82 Å². The van der Waals surface area contributed by atoms with Crippen LogP contribution in [-0.2, 0) is 0 Å². The van der Waals surface area contributed by atoms with Gasteiger partial charge in [0, 0.05) is 22.7 Å². The maximum Gasteiger partial charge on any atom is 0.127 e. The van der Waals surface area contributed by atoms with Gasteiger partial charge in [0.15, 0.2) is 0 Å². The number of rotatable bonds is 5. The summed E-state index contributed by atoms with van der Waals surface area (Å²) in [6.07, 6.45) is 2.09. The van der Waals surface area contributed by atoms with Crippen molar-refractivity contribution in [2.75, 3.05) is 17.3 Å². The molecule has 0 radical (unpaired) electrons. The molecular formula is C14H17N3S2. The molecule has 0 aliphatic rings. The van der Waals surface area contributed by atoms with Crippen molar-refractivity contribution < 1.29 is 0 Å². The predicted molar refractivity (Wildman–Crippen MR) is 89.1 cm³/mol. The Hall–Kier alpha value is -1.33. The Bertz CT molecular complexity index is 598. The predicted octanol–water partition coefficient (Wildman–Crippen LogP) is 3.03. The fourth-order valence-electron chi connectivity index (χ4n) is 2.00. The zero-order chi connectivity index (χ0) is 13.8. The number of aromatic nitrogens is 1. The number of hydrogen-bond donors (Lipinski definition) is 2. The fraction of sp³-hybridized carbons (Fsp3) is 0.286. The van der Waals surface area contributed by atoms with Crippen LogP contribution in [0.3, 0.4) is 0 Å². The van der Waals surface area contributed by atoms with Gasteiger partial charge in [-0.3, -0.25) is 0 Å². The molecule has 0 amide bonds. The lowest BCUT2D eigenvalue weighted by Gasteiger charge is -2.15. The first kappa shape index (κ1) is 14.1. The largest absolute Gasteiger partial charge is 0.389 e. The average molecular weight is 291 g/mol. The zero-order valence-electron chi connectivity index (χ0n) is 11.0. The van der Waals surface area contributed by atoms with E-state index in [1.165, 1.54) is 0 Å². The number of fused-ring (bicyclic) bond motifs is 1. The van der Waals surface area contributed by atoms with E-state index < -0.39 is 0 Å². The van der Waals surface area contributed by atoms with E-state index in [2.05, 4.69) is 23.5 Å². The third-order valence-corrected chi connectivity index (χ3v) is 3.85. The summed E-state index contributed by atoms with van der Waals surface area (Å²) in [7, 11) is 0. The Morgan fingerprint density at radius 1 is 1.47 bits per heavy atom. The molecule has 1 aromatic heterocycles. The summed E-state index contributed by atoms with van der Waals surface area (Å²) in [6, 6.07) is 10.2. The quantitative estimate of drug-likeness (QED) is 0.829. The Kier molecular flexibility index (Phi) is 4.61. The second-order valence-corrected chi connectivity index (χ2v) is 5.79. The monoisotopic (exact) mass is 291 g/mol. The minimum atomic E-state index is 0.350. The third-order valence-electron chi connectivity index (χ3n) is 2.79. The highest BCUT2D eigenvalue weighted by Crippen LogP contribution is 2.21. The second kappa shape index (κ2) is 6.21. The average Bonchev–Trinajstić information content (AvgIpc) is 2.37. The highest BCUT2D eigenvalue weighted by atomic mass is 32.2. The van der Waals surface area contributed by atoms with Crippen LogP contribution in [0.25, 0.3) is 10.9 Å². The first-order valence-electron chi connectivity index (χ1n) is 6.07. The van der Waals surface area contributed by atoms with Crippen molar-refractivity contribution >= 4 is 45.7 Å². The third kappa shape index (κ3) is 3.36. The van der Waals surface area contributed by atoms with E-state index in [4.69, 9.17) is 18.0 Å². The van der Waals surface area contributed by atoms with Gasteiger partial charge in [-0.15, -0.1) is 0 Å². The molecule has 1 atom stereocenters. The van der Waals surface area contributed by atoms with Gasteiger partial charge < -0.3 is 11.1 Å². The van der Waals surface area contributed by atoms with Gasteiger partial charge in [-0.2, -0.15) is 11.8 Å². The van der Waals surface area contributed by atoms with Gasteiger partial charge >= 0.3 is 0 Å². The van der Waals surface area contributed by atoms with Crippen molar-refractivity contribution in [2.45, 2.75) is 13.0 Å². The van der Waals surface area contributed by atoms with Crippen LogP contribution in [0.5, 0.6) is 0 Å². The lowest BCUT2D eigenvalue weighted by Crippen LogP contribution is -2.19. The maximum atomic E-state index is 5.81. The number of para-hydroxylation sites is 1. The summed E-state index contributed by atoms with van der Waals surface area (Å²) in [6.45, 7) is 2.13. The Morgan fingerprint density at radius 3 is 2.89 bits per heavy atom. The molecule has 3 N–H and O–H groups in total. The molecule has 0 fully saturated rings. The summed E-state index contributed by atoms with van der Waals surface area (Å²) in [4.78, 5) is 5.01. The molecule has 3 nitrogen and oxygen atoms in total. The SMILES string of the molecule is CSCC(C)Nc1cc(C(N)=S)c2ccccc2n1. The van der Waals surface area contributed by atoms with Crippen LogP contribution >= 0.6 is 24.0 Å². The Labute approximate surface area is 123 Å². The first-order chi connectivity index (χ1) is 9.11. The van der Waals surface area contributed by atoms with Gasteiger partial charge in [0.1, 0.15) is 10.8 Å². The van der Waals surface area contributed by atoms with E-state index in [1.54, 1.807) is 11.8 Å². The van der Waals surface area contributed by atoms with Crippen molar-refractivity contribution in [3.63, 3.8) is 0 Å². The minimum Gasteiger partial charge on any atom is -0.389 e. The van der Waals surface area contributed by atoms with Crippen molar-refractivity contribution in [1.82, 2.24) is 4.98 Å². The maximum absolute atomic E-state index is 5.81. The van der Waals surface area contributed by atoms with E-state index >= 15 is 0 Å². The summed E-state index contributed by atoms with van der Waals surface area (Å²) in [5.41, 5.74) is 7.59. The molecule has 0 aliphatic carbocycles. The standard InChI is InChI=1S/C14H17N3S2/c1-9(8-19-2)16-13-7-11(14(15)18)10-5-3-4-6-12(10)17-13/h3-7,9H,8H2,1-2H3,(H2,15,18)(H,16,17). The molecule has 0 saturated carbocycles. The van der Waals surface area contributed by atoms with Crippen LogP contribution < -0.4 is 11.1 Å². The summed E-state index contributed by atoms with van der Waals surface area (Å²) < 4.78 is 0. The molecule has 19 heavy (non-hydrogen) atoms. The van der Waals surface area contributed by atoms with Gasteiger partial charge in [0.2, 0.25) is 0 Å². The number of nitrogens with zero attached hydrogens (tertiary/aromatic N) is 1. The molecule has 1 aromatic carbocycles. The molecule has 2 rings (SSSR count). The zero-order valence-corrected chi connectivity index (χ0v) is 12.6. The molecule has 5 heteroatoms. The smallest absolute Gasteiger partial charge is 0.127 e. The van der Waals surface area contributed by atoms with Crippen LogP contribution in [0, 0.1) is 0 Å². The van der Waals surface area contributed by atoms with E-state index in [1.807, 2.05) is 30.3 Å². The molecule has 1 heterocycles. The minimum absolute atomic E-state index is 0.350. The van der Waals surface area contributed by atoms with E-state index in [-0.39, 0.29) is 0 Å². The topological polar surface area (TPSA) is 50.9 Å². The number of hydrogen-bond acceptors (Lipinski definition) is 4. The normalized spacial score (nSPS) is 12.3.